The summed E-state index contributed by atoms with van der Waals surface area (Å²) in [5.74, 6) is 0. The van der Waals surface area contributed by atoms with E-state index in [9.17, 15) is 0 Å². The molecule has 0 saturated carbocycles. The number of rotatable bonds is 3. The van der Waals surface area contributed by atoms with Crippen LogP contribution >= 0.6 is 0 Å². The van der Waals surface area contributed by atoms with Crippen LogP contribution in [0, 0.1) is 0 Å². The summed E-state index contributed by atoms with van der Waals surface area (Å²) < 4.78 is 1.31. The normalized spacial score (nSPS) is 29.5. The molecule has 0 N–H and O–H groups in total. The van der Waals surface area contributed by atoms with Gasteiger partial charge in [0.2, 0.25) is 0 Å². The van der Waals surface area contributed by atoms with E-state index in [0.29, 0.717) is 0 Å². The summed E-state index contributed by atoms with van der Waals surface area (Å²) in [6.45, 7) is 12.2. The number of nitrogens with zero attached hydrogens (tertiary/aromatic N) is 2. The smallest absolute Gasteiger partial charge is 0.145 e. The SMILES string of the molecule is CCC1N(C)CC[N+]1(CC)CC. The molecule has 0 radical (unpaired) electrons. The zero-order valence-corrected chi connectivity index (χ0v) is 9.01. The van der Waals surface area contributed by atoms with E-state index < -0.39 is 0 Å². The second-order valence-electron chi connectivity index (χ2n) is 3.94. The summed E-state index contributed by atoms with van der Waals surface area (Å²) in [4.78, 5) is 2.52. The van der Waals surface area contributed by atoms with E-state index in [1.54, 1.807) is 0 Å². The number of hydrogen-bond donors (Lipinski definition) is 0. The molecule has 1 rings (SSSR count). The summed E-state index contributed by atoms with van der Waals surface area (Å²) in [5, 5.41) is 0. The highest BCUT2D eigenvalue weighted by Crippen LogP contribution is 2.24. The highest BCUT2D eigenvalue weighted by molar-refractivity contribution is 4.67. The van der Waals surface area contributed by atoms with Gasteiger partial charge in [-0.05, 0) is 20.9 Å². The molecule has 0 aromatic carbocycles. The van der Waals surface area contributed by atoms with Crippen molar-refractivity contribution < 1.29 is 4.48 Å². The molecule has 0 amide bonds. The van der Waals surface area contributed by atoms with Crippen molar-refractivity contribution in [3.05, 3.63) is 0 Å². The van der Waals surface area contributed by atoms with Crippen molar-refractivity contribution in [3.8, 4) is 0 Å². The lowest BCUT2D eigenvalue weighted by Gasteiger charge is -2.38. The molecule has 0 spiro atoms. The Hall–Kier alpha value is -0.0800. The lowest BCUT2D eigenvalue weighted by Crippen LogP contribution is -2.53. The maximum absolute atomic E-state index is 2.52. The molecular formula is C10H23N2+. The molecule has 0 aromatic heterocycles. The molecule has 2 heteroatoms. The van der Waals surface area contributed by atoms with Crippen molar-refractivity contribution in [2.45, 2.75) is 33.4 Å². The fourth-order valence-corrected chi connectivity index (χ4v) is 2.73. The molecule has 0 aromatic rings. The summed E-state index contributed by atoms with van der Waals surface area (Å²) in [5.41, 5.74) is 0. The largest absolute Gasteiger partial charge is 0.308 e. The van der Waals surface area contributed by atoms with Gasteiger partial charge in [0.05, 0.1) is 26.2 Å². The Morgan fingerprint density at radius 1 is 1.25 bits per heavy atom. The van der Waals surface area contributed by atoms with Crippen LogP contribution in [0.15, 0.2) is 0 Å². The number of likely N-dealkylation sites (N-methyl/N-ethyl adjacent to an activating group) is 2. The maximum Gasteiger partial charge on any atom is 0.145 e. The van der Waals surface area contributed by atoms with Crippen molar-refractivity contribution >= 4 is 0 Å². The van der Waals surface area contributed by atoms with Gasteiger partial charge in [0.15, 0.2) is 0 Å². The predicted octanol–water partition coefficient (Wildman–Crippen LogP) is 1.52. The molecule has 1 aliphatic heterocycles. The lowest BCUT2D eigenvalue weighted by atomic mass is 10.2. The van der Waals surface area contributed by atoms with Gasteiger partial charge in [-0.1, -0.05) is 6.92 Å². The Morgan fingerprint density at radius 2 is 1.83 bits per heavy atom. The maximum atomic E-state index is 2.52. The summed E-state index contributed by atoms with van der Waals surface area (Å²) >= 11 is 0. The number of quaternary nitrogens is 1. The van der Waals surface area contributed by atoms with Gasteiger partial charge < -0.3 is 4.48 Å². The standard InChI is InChI=1S/C10H23N2/c1-5-10-11(4)8-9-12(10,6-2)7-3/h10H,5-9H2,1-4H3/q+1. The predicted molar refractivity (Wildman–Crippen MR) is 52.9 cm³/mol. The number of hydrogen-bond acceptors (Lipinski definition) is 1. The third kappa shape index (κ3) is 1.38. The lowest BCUT2D eigenvalue weighted by molar-refractivity contribution is -0.941. The Kier molecular flexibility index (Phi) is 3.13. The van der Waals surface area contributed by atoms with Gasteiger partial charge in [0.1, 0.15) is 6.17 Å². The minimum Gasteiger partial charge on any atom is -0.308 e. The van der Waals surface area contributed by atoms with E-state index in [2.05, 4.69) is 32.7 Å². The highest BCUT2D eigenvalue weighted by atomic mass is 15.5. The first kappa shape index (κ1) is 10.0. The molecule has 1 atom stereocenters. The van der Waals surface area contributed by atoms with Crippen LogP contribution in [0.4, 0.5) is 0 Å². The molecule has 1 aliphatic rings. The topological polar surface area (TPSA) is 3.24 Å². The molecular weight excluding hydrogens is 148 g/mol. The van der Waals surface area contributed by atoms with Gasteiger partial charge in [-0.15, -0.1) is 0 Å². The van der Waals surface area contributed by atoms with Crippen molar-refractivity contribution in [1.29, 1.82) is 0 Å². The van der Waals surface area contributed by atoms with Crippen molar-refractivity contribution in [2.75, 3.05) is 33.2 Å². The minimum atomic E-state index is 0.778. The molecule has 1 fully saturated rings. The Labute approximate surface area is 76.7 Å². The van der Waals surface area contributed by atoms with Crippen LogP contribution in [0.1, 0.15) is 27.2 Å². The minimum absolute atomic E-state index is 0.778. The monoisotopic (exact) mass is 171 g/mol. The first-order valence-corrected chi connectivity index (χ1v) is 5.26. The molecule has 12 heavy (non-hydrogen) atoms. The van der Waals surface area contributed by atoms with Crippen LogP contribution < -0.4 is 0 Å². The van der Waals surface area contributed by atoms with Gasteiger partial charge in [-0.2, -0.15) is 0 Å². The Balaban J connectivity index is 2.74. The summed E-state index contributed by atoms with van der Waals surface area (Å²) in [6, 6.07) is 0. The van der Waals surface area contributed by atoms with E-state index in [-0.39, 0.29) is 0 Å². The fraction of sp³-hybridized carbons (Fsp3) is 1.00. The average molecular weight is 171 g/mol. The van der Waals surface area contributed by atoms with Gasteiger partial charge in [0, 0.05) is 6.42 Å². The summed E-state index contributed by atoms with van der Waals surface area (Å²) in [7, 11) is 2.26. The Morgan fingerprint density at radius 3 is 2.17 bits per heavy atom. The second kappa shape index (κ2) is 3.75. The third-order valence-electron chi connectivity index (χ3n) is 3.66. The van der Waals surface area contributed by atoms with Crippen LogP contribution in [-0.2, 0) is 0 Å². The van der Waals surface area contributed by atoms with Gasteiger partial charge >= 0.3 is 0 Å². The van der Waals surface area contributed by atoms with Gasteiger partial charge in [0.25, 0.3) is 0 Å². The molecule has 0 aliphatic carbocycles. The van der Waals surface area contributed by atoms with Crippen molar-refractivity contribution in [3.63, 3.8) is 0 Å². The first-order valence-electron chi connectivity index (χ1n) is 5.26. The first-order chi connectivity index (χ1) is 5.70. The zero-order valence-electron chi connectivity index (χ0n) is 9.01. The third-order valence-corrected chi connectivity index (χ3v) is 3.66. The van der Waals surface area contributed by atoms with Crippen LogP contribution in [0.3, 0.4) is 0 Å². The molecule has 1 saturated heterocycles. The Bertz CT molecular complexity index is 141. The average Bonchev–Trinajstić information content (AvgIpc) is 2.43. The quantitative estimate of drug-likeness (QED) is 0.582. The van der Waals surface area contributed by atoms with E-state index in [0.717, 1.165) is 6.17 Å². The van der Waals surface area contributed by atoms with Crippen molar-refractivity contribution in [1.82, 2.24) is 4.90 Å². The summed E-state index contributed by atoms with van der Waals surface area (Å²) in [6.07, 6.45) is 2.07. The molecule has 0 bridgehead atoms. The molecule has 1 heterocycles. The van der Waals surface area contributed by atoms with Crippen LogP contribution in [0.25, 0.3) is 0 Å². The van der Waals surface area contributed by atoms with Gasteiger partial charge in [-0.25, -0.2) is 0 Å². The molecule has 1 unspecified atom stereocenters. The highest BCUT2D eigenvalue weighted by Gasteiger charge is 2.41. The second-order valence-corrected chi connectivity index (χ2v) is 3.94. The van der Waals surface area contributed by atoms with Crippen LogP contribution in [0.5, 0.6) is 0 Å². The van der Waals surface area contributed by atoms with E-state index in [4.69, 9.17) is 0 Å². The van der Waals surface area contributed by atoms with E-state index >= 15 is 0 Å². The fourth-order valence-electron chi connectivity index (χ4n) is 2.73. The van der Waals surface area contributed by atoms with Crippen molar-refractivity contribution in [2.24, 2.45) is 0 Å². The van der Waals surface area contributed by atoms with Gasteiger partial charge in [-0.3, -0.25) is 4.90 Å². The van der Waals surface area contributed by atoms with Crippen LogP contribution in [-0.4, -0.2) is 48.8 Å². The zero-order chi connectivity index (χ0) is 9.19. The molecule has 2 nitrogen and oxygen atoms in total. The molecule has 72 valence electrons. The van der Waals surface area contributed by atoms with E-state index in [1.165, 1.54) is 37.1 Å². The van der Waals surface area contributed by atoms with E-state index in [1.807, 2.05) is 0 Å². The van der Waals surface area contributed by atoms with Crippen LogP contribution in [0.2, 0.25) is 0 Å².